The molecule has 0 saturated heterocycles. The van der Waals surface area contributed by atoms with Gasteiger partial charge < -0.3 is 4.90 Å². The van der Waals surface area contributed by atoms with Crippen LogP contribution in [0.4, 0.5) is 17.1 Å². The van der Waals surface area contributed by atoms with E-state index in [9.17, 15) is 0 Å². The molecule has 0 saturated carbocycles. The molecular weight excluding hydrogens is 579 g/mol. The zero-order valence-electron chi connectivity index (χ0n) is 29.5. The first-order valence-corrected chi connectivity index (χ1v) is 19.0. The fourth-order valence-electron chi connectivity index (χ4n) is 8.12. The number of hydrogen-bond donors (Lipinski definition) is 0. The molecule has 0 aromatic heterocycles. The Bertz CT molecular complexity index is 1630. The summed E-state index contributed by atoms with van der Waals surface area (Å²) in [6.07, 6.45) is 18.6. The van der Waals surface area contributed by atoms with E-state index in [4.69, 9.17) is 0 Å². The SMILES string of the molecule is CCCCCCCCC1(CCCCCCCC)c2ccccc2-c2ccc(-c3ccc(N(c4ccccc4)c4ccccc4)cc3)cc21. The van der Waals surface area contributed by atoms with E-state index >= 15 is 0 Å². The minimum absolute atomic E-state index is 0.106. The van der Waals surface area contributed by atoms with Crippen LogP contribution in [0.3, 0.4) is 0 Å². The van der Waals surface area contributed by atoms with Crippen LogP contribution in [0, 0.1) is 0 Å². The van der Waals surface area contributed by atoms with Crippen molar-refractivity contribution in [2.24, 2.45) is 0 Å². The molecule has 0 amide bonds. The van der Waals surface area contributed by atoms with E-state index in [2.05, 4.69) is 146 Å². The summed E-state index contributed by atoms with van der Waals surface area (Å²) in [5, 5.41) is 0. The number of para-hydroxylation sites is 2. The second kappa shape index (κ2) is 16.8. The standard InChI is InChI=1S/C47H55N/c1-3-5-7-9-11-21-35-47(36-22-12-10-8-6-4-2)45-28-20-19-27-43(45)44-34-31-39(37-46(44)47)38-29-32-42(33-30-38)48(40-23-15-13-16-24-40)41-25-17-14-18-26-41/h13-20,23-34,37H,3-12,21-22,35-36H2,1-2H3. The first kappa shape index (κ1) is 33.8. The Kier molecular flexibility index (Phi) is 11.8. The number of rotatable bonds is 18. The van der Waals surface area contributed by atoms with Crippen molar-refractivity contribution in [2.75, 3.05) is 4.90 Å². The smallest absolute Gasteiger partial charge is 0.0462 e. The number of benzene rings is 5. The van der Waals surface area contributed by atoms with Crippen LogP contribution in [0.25, 0.3) is 22.3 Å². The molecule has 0 radical (unpaired) electrons. The third-order valence-corrected chi connectivity index (χ3v) is 10.7. The largest absolute Gasteiger partial charge is 0.311 e. The Morgan fingerprint density at radius 1 is 0.396 bits per heavy atom. The maximum absolute atomic E-state index is 2.57. The predicted octanol–water partition coefficient (Wildman–Crippen LogP) is 14.6. The molecule has 6 rings (SSSR count). The van der Waals surface area contributed by atoms with E-state index in [1.807, 2.05) is 0 Å². The van der Waals surface area contributed by atoms with Crippen molar-refractivity contribution in [2.45, 2.75) is 109 Å². The molecule has 48 heavy (non-hydrogen) atoms. The van der Waals surface area contributed by atoms with Gasteiger partial charge in [-0.3, -0.25) is 0 Å². The molecule has 5 aromatic rings. The van der Waals surface area contributed by atoms with Gasteiger partial charge in [-0.2, -0.15) is 0 Å². The molecule has 1 aliphatic rings. The molecule has 248 valence electrons. The lowest BCUT2D eigenvalue weighted by Crippen LogP contribution is -2.25. The zero-order valence-corrected chi connectivity index (χ0v) is 29.5. The molecule has 1 aliphatic carbocycles. The van der Waals surface area contributed by atoms with Gasteiger partial charge >= 0.3 is 0 Å². The fraction of sp³-hybridized carbons (Fsp3) is 0.362. The van der Waals surface area contributed by atoms with Gasteiger partial charge in [0.25, 0.3) is 0 Å². The molecule has 0 bridgehead atoms. The Morgan fingerprint density at radius 3 is 1.44 bits per heavy atom. The first-order chi connectivity index (χ1) is 23.7. The number of anilines is 3. The van der Waals surface area contributed by atoms with Crippen molar-refractivity contribution < 1.29 is 0 Å². The summed E-state index contributed by atoms with van der Waals surface area (Å²) in [7, 11) is 0. The van der Waals surface area contributed by atoms with Crippen molar-refractivity contribution in [3.63, 3.8) is 0 Å². The summed E-state index contributed by atoms with van der Waals surface area (Å²) in [5.41, 5.74) is 12.3. The van der Waals surface area contributed by atoms with Gasteiger partial charge in [-0.05, 0) is 88.7 Å². The Balaban J connectivity index is 1.32. The molecule has 0 atom stereocenters. The highest BCUT2D eigenvalue weighted by Gasteiger charge is 2.42. The van der Waals surface area contributed by atoms with Gasteiger partial charge in [-0.25, -0.2) is 0 Å². The third-order valence-electron chi connectivity index (χ3n) is 10.7. The number of hydrogen-bond acceptors (Lipinski definition) is 1. The van der Waals surface area contributed by atoms with Crippen molar-refractivity contribution in [1.82, 2.24) is 0 Å². The maximum Gasteiger partial charge on any atom is 0.0462 e. The molecule has 1 heteroatoms. The van der Waals surface area contributed by atoms with E-state index < -0.39 is 0 Å². The minimum Gasteiger partial charge on any atom is -0.311 e. The van der Waals surface area contributed by atoms with Crippen LogP contribution in [0.2, 0.25) is 0 Å². The lowest BCUT2D eigenvalue weighted by molar-refractivity contribution is 0.398. The second-order valence-electron chi connectivity index (χ2n) is 14.0. The molecule has 5 aromatic carbocycles. The second-order valence-corrected chi connectivity index (χ2v) is 14.0. The van der Waals surface area contributed by atoms with Crippen molar-refractivity contribution >= 4 is 17.1 Å². The lowest BCUT2D eigenvalue weighted by Gasteiger charge is -2.33. The summed E-state index contributed by atoms with van der Waals surface area (Å²) >= 11 is 0. The zero-order chi connectivity index (χ0) is 33.0. The van der Waals surface area contributed by atoms with E-state index in [0.717, 1.165) is 0 Å². The summed E-state index contributed by atoms with van der Waals surface area (Å²) in [6.45, 7) is 4.63. The monoisotopic (exact) mass is 633 g/mol. The van der Waals surface area contributed by atoms with Crippen molar-refractivity contribution in [1.29, 1.82) is 0 Å². The van der Waals surface area contributed by atoms with Crippen LogP contribution in [0.15, 0.2) is 127 Å². The van der Waals surface area contributed by atoms with Crippen molar-refractivity contribution in [3.05, 3.63) is 139 Å². The first-order valence-electron chi connectivity index (χ1n) is 19.0. The van der Waals surface area contributed by atoms with Gasteiger partial charge in [0.1, 0.15) is 0 Å². The number of unbranched alkanes of at least 4 members (excludes halogenated alkanes) is 10. The van der Waals surface area contributed by atoms with Crippen LogP contribution >= 0.6 is 0 Å². The highest BCUT2D eigenvalue weighted by molar-refractivity contribution is 5.84. The molecule has 1 nitrogen and oxygen atoms in total. The van der Waals surface area contributed by atoms with E-state index in [1.165, 1.54) is 129 Å². The molecular formula is C47H55N. The van der Waals surface area contributed by atoms with Gasteiger partial charge in [0, 0.05) is 22.5 Å². The lowest BCUT2D eigenvalue weighted by atomic mass is 9.70. The van der Waals surface area contributed by atoms with E-state index in [1.54, 1.807) is 11.1 Å². The molecule has 0 fully saturated rings. The third kappa shape index (κ3) is 7.62. The van der Waals surface area contributed by atoms with Crippen molar-refractivity contribution in [3.8, 4) is 22.3 Å². The van der Waals surface area contributed by atoms with Crippen LogP contribution in [-0.4, -0.2) is 0 Å². The highest BCUT2D eigenvalue weighted by atomic mass is 15.1. The molecule has 0 unspecified atom stereocenters. The van der Waals surface area contributed by atoms with Crippen LogP contribution in [-0.2, 0) is 5.41 Å². The summed E-state index contributed by atoms with van der Waals surface area (Å²) < 4.78 is 0. The summed E-state index contributed by atoms with van der Waals surface area (Å²) in [4.78, 5) is 2.34. The fourth-order valence-corrected chi connectivity index (χ4v) is 8.12. The Labute approximate surface area is 291 Å². The van der Waals surface area contributed by atoms with Gasteiger partial charge in [-0.15, -0.1) is 0 Å². The molecule has 0 spiro atoms. The molecule has 0 heterocycles. The van der Waals surface area contributed by atoms with Crippen LogP contribution < -0.4 is 4.90 Å². The van der Waals surface area contributed by atoms with E-state index in [-0.39, 0.29) is 5.41 Å². The van der Waals surface area contributed by atoms with Gasteiger partial charge in [0.15, 0.2) is 0 Å². The highest BCUT2D eigenvalue weighted by Crippen LogP contribution is 2.55. The summed E-state index contributed by atoms with van der Waals surface area (Å²) in [5.74, 6) is 0. The Hall–Kier alpha value is -4.10. The topological polar surface area (TPSA) is 3.24 Å². The predicted molar refractivity (Wildman–Crippen MR) is 209 cm³/mol. The van der Waals surface area contributed by atoms with Crippen LogP contribution in [0.1, 0.15) is 115 Å². The van der Waals surface area contributed by atoms with Crippen LogP contribution in [0.5, 0.6) is 0 Å². The normalized spacial score (nSPS) is 12.9. The average Bonchev–Trinajstić information content (AvgIpc) is 3.41. The maximum atomic E-state index is 2.57. The van der Waals surface area contributed by atoms with Gasteiger partial charge in [0.2, 0.25) is 0 Å². The number of fused-ring (bicyclic) bond motifs is 3. The Morgan fingerprint density at radius 2 is 0.854 bits per heavy atom. The van der Waals surface area contributed by atoms with Gasteiger partial charge in [-0.1, -0.05) is 176 Å². The van der Waals surface area contributed by atoms with E-state index in [0.29, 0.717) is 0 Å². The molecule has 0 N–H and O–H groups in total. The quantitative estimate of drug-likeness (QED) is 0.0868. The molecule has 0 aliphatic heterocycles. The van der Waals surface area contributed by atoms with Gasteiger partial charge in [0.05, 0.1) is 0 Å². The minimum atomic E-state index is 0.106. The summed E-state index contributed by atoms with van der Waals surface area (Å²) in [6, 6.07) is 47.3. The number of nitrogens with zero attached hydrogens (tertiary/aromatic N) is 1. The average molecular weight is 634 g/mol.